The number of amides is 2. The zero-order chi connectivity index (χ0) is 21.0. The van der Waals surface area contributed by atoms with Crippen molar-refractivity contribution < 1.29 is 18.4 Å². The number of halogens is 1. The molecule has 0 bridgehead atoms. The van der Waals surface area contributed by atoms with Crippen LogP contribution in [0.1, 0.15) is 24.4 Å². The minimum absolute atomic E-state index is 0.0784. The first-order valence-electron chi connectivity index (χ1n) is 9.23. The SMILES string of the molecule is CNC(=O)[C@@H](NC(=O)c1ccc(-c2ccc(-c3cccc(F)c3)cn2)o1)C(C)C. The third-order valence-corrected chi connectivity index (χ3v) is 4.49. The molecule has 3 aromatic rings. The van der Waals surface area contributed by atoms with E-state index in [9.17, 15) is 14.0 Å². The largest absolute Gasteiger partial charge is 0.449 e. The third-order valence-electron chi connectivity index (χ3n) is 4.49. The van der Waals surface area contributed by atoms with Crippen LogP contribution in [0, 0.1) is 11.7 Å². The molecule has 0 unspecified atom stereocenters. The molecule has 7 heteroatoms. The molecule has 2 aromatic heterocycles. The van der Waals surface area contributed by atoms with E-state index in [-0.39, 0.29) is 23.4 Å². The second-order valence-corrected chi connectivity index (χ2v) is 6.92. The van der Waals surface area contributed by atoms with Gasteiger partial charge < -0.3 is 15.1 Å². The number of nitrogens with zero attached hydrogens (tertiary/aromatic N) is 1. The van der Waals surface area contributed by atoms with Gasteiger partial charge in [-0.05, 0) is 41.8 Å². The lowest BCUT2D eigenvalue weighted by atomic mass is 10.0. The Morgan fingerprint density at radius 1 is 1.07 bits per heavy atom. The van der Waals surface area contributed by atoms with Crippen LogP contribution in [-0.4, -0.2) is 29.9 Å². The number of hydrogen-bond donors (Lipinski definition) is 2. The highest BCUT2D eigenvalue weighted by molar-refractivity contribution is 5.96. The molecular formula is C22H22FN3O3. The Hall–Kier alpha value is -3.48. The number of furan rings is 1. The summed E-state index contributed by atoms with van der Waals surface area (Å²) in [5, 5.41) is 5.22. The number of benzene rings is 1. The van der Waals surface area contributed by atoms with Gasteiger partial charge in [-0.1, -0.05) is 32.0 Å². The van der Waals surface area contributed by atoms with Gasteiger partial charge in [0.05, 0.1) is 0 Å². The van der Waals surface area contributed by atoms with E-state index >= 15 is 0 Å². The van der Waals surface area contributed by atoms with E-state index in [1.54, 1.807) is 36.5 Å². The van der Waals surface area contributed by atoms with Crippen LogP contribution >= 0.6 is 0 Å². The topological polar surface area (TPSA) is 84.2 Å². The molecule has 0 fully saturated rings. The highest BCUT2D eigenvalue weighted by Crippen LogP contribution is 2.24. The first-order valence-corrected chi connectivity index (χ1v) is 9.23. The van der Waals surface area contributed by atoms with Crippen LogP contribution in [0.4, 0.5) is 4.39 Å². The van der Waals surface area contributed by atoms with Gasteiger partial charge >= 0.3 is 0 Å². The molecule has 0 spiro atoms. The number of nitrogens with one attached hydrogen (secondary N) is 2. The molecule has 2 heterocycles. The number of aromatic nitrogens is 1. The molecule has 0 saturated heterocycles. The van der Waals surface area contributed by atoms with E-state index in [1.807, 2.05) is 13.8 Å². The molecular weight excluding hydrogens is 373 g/mol. The van der Waals surface area contributed by atoms with Gasteiger partial charge in [-0.15, -0.1) is 0 Å². The number of pyridine rings is 1. The number of carbonyl (C=O) groups excluding carboxylic acids is 2. The van der Waals surface area contributed by atoms with Gasteiger partial charge in [0.15, 0.2) is 11.5 Å². The summed E-state index contributed by atoms with van der Waals surface area (Å²) in [5.41, 5.74) is 2.02. The normalized spacial score (nSPS) is 11.9. The highest BCUT2D eigenvalue weighted by atomic mass is 19.1. The molecule has 29 heavy (non-hydrogen) atoms. The molecule has 0 aliphatic carbocycles. The van der Waals surface area contributed by atoms with Crippen molar-refractivity contribution in [2.24, 2.45) is 5.92 Å². The summed E-state index contributed by atoms with van der Waals surface area (Å²) in [7, 11) is 1.52. The zero-order valence-corrected chi connectivity index (χ0v) is 16.4. The van der Waals surface area contributed by atoms with E-state index in [1.165, 1.54) is 25.2 Å². The maximum atomic E-state index is 13.4. The molecule has 0 aliphatic rings. The lowest BCUT2D eigenvalue weighted by Gasteiger charge is -2.19. The van der Waals surface area contributed by atoms with Gasteiger partial charge in [-0.2, -0.15) is 0 Å². The number of likely N-dealkylation sites (N-methyl/N-ethyl adjacent to an activating group) is 1. The van der Waals surface area contributed by atoms with Crippen LogP contribution in [0.25, 0.3) is 22.6 Å². The molecule has 1 atom stereocenters. The van der Waals surface area contributed by atoms with Crippen LogP contribution in [0.15, 0.2) is 59.1 Å². The summed E-state index contributed by atoms with van der Waals surface area (Å²) in [5.74, 6) is -0.632. The quantitative estimate of drug-likeness (QED) is 0.667. The van der Waals surface area contributed by atoms with Crippen molar-refractivity contribution in [1.29, 1.82) is 0 Å². The summed E-state index contributed by atoms with van der Waals surface area (Å²) in [6, 6.07) is 12.3. The van der Waals surface area contributed by atoms with Gasteiger partial charge in [-0.25, -0.2) is 4.39 Å². The average molecular weight is 395 g/mol. The summed E-state index contributed by atoms with van der Waals surface area (Å²) < 4.78 is 19.0. The minimum Gasteiger partial charge on any atom is -0.449 e. The molecule has 0 aliphatic heterocycles. The van der Waals surface area contributed by atoms with Crippen molar-refractivity contribution in [2.45, 2.75) is 19.9 Å². The summed E-state index contributed by atoms with van der Waals surface area (Å²) in [4.78, 5) is 28.7. The molecule has 6 nitrogen and oxygen atoms in total. The lowest BCUT2D eigenvalue weighted by Crippen LogP contribution is -2.48. The predicted molar refractivity (Wildman–Crippen MR) is 107 cm³/mol. The van der Waals surface area contributed by atoms with Crippen molar-refractivity contribution in [3.63, 3.8) is 0 Å². The standard InChI is InChI=1S/C22H22FN3O3/c1-13(2)20(22(28)24-3)26-21(27)19-10-9-18(29-19)17-8-7-15(12-25-17)14-5-4-6-16(23)11-14/h4-13,20H,1-3H3,(H,24,28)(H,26,27)/t20-/m0/s1. The fourth-order valence-electron chi connectivity index (χ4n) is 2.88. The molecule has 3 rings (SSSR count). The summed E-state index contributed by atoms with van der Waals surface area (Å²) in [6.07, 6.45) is 1.62. The fraction of sp³-hybridized carbons (Fsp3) is 0.227. The molecule has 0 radical (unpaired) electrons. The smallest absolute Gasteiger partial charge is 0.287 e. The first kappa shape index (κ1) is 20.3. The Labute approximate surface area is 168 Å². The number of rotatable bonds is 6. The molecule has 2 N–H and O–H groups in total. The Morgan fingerprint density at radius 2 is 1.86 bits per heavy atom. The monoisotopic (exact) mass is 395 g/mol. The fourth-order valence-corrected chi connectivity index (χ4v) is 2.88. The van der Waals surface area contributed by atoms with Crippen LogP contribution in [0.2, 0.25) is 0 Å². The second-order valence-electron chi connectivity index (χ2n) is 6.92. The van der Waals surface area contributed by atoms with Gasteiger partial charge in [0.1, 0.15) is 17.6 Å². The third kappa shape index (κ3) is 4.68. The second kappa shape index (κ2) is 8.68. The van der Waals surface area contributed by atoms with Crippen molar-refractivity contribution >= 4 is 11.8 Å². The summed E-state index contributed by atoms with van der Waals surface area (Å²) >= 11 is 0. The number of carbonyl (C=O) groups is 2. The van der Waals surface area contributed by atoms with Crippen LogP contribution in [-0.2, 0) is 4.79 Å². The maximum Gasteiger partial charge on any atom is 0.287 e. The van der Waals surface area contributed by atoms with Gasteiger partial charge in [-0.3, -0.25) is 14.6 Å². The van der Waals surface area contributed by atoms with Crippen LogP contribution in [0.5, 0.6) is 0 Å². The van der Waals surface area contributed by atoms with Gasteiger partial charge in [0.2, 0.25) is 5.91 Å². The molecule has 2 amide bonds. The Kier molecular flexibility index (Phi) is 6.07. The molecule has 1 aromatic carbocycles. The van der Waals surface area contributed by atoms with Gasteiger partial charge in [0, 0.05) is 18.8 Å². The first-order chi connectivity index (χ1) is 13.9. The van der Waals surface area contributed by atoms with Crippen molar-refractivity contribution in [2.75, 3.05) is 7.05 Å². The highest BCUT2D eigenvalue weighted by Gasteiger charge is 2.25. The Morgan fingerprint density at radius 3 is 2.48 bits per heavy atom. The van der Waals surface area contributed by atoms with E-state index in [0.29, 0.717) is 11.5 Å². The van der Waals surface area contributed by atoms with E-state index in [2.05, 4.69) is 15.6 Å². The molecule has 150 valence electrons. The van der Waals surface area contributed by atoms with Gasteiger partial charge in [0.25, 0.3) is 5.91 Å². The Bertz CT molecular complexity index is 1010. The van der Waals surface area contributed by atoms with E-state index in [4.69, 9.17) is 4.42 Å². The van der Waals surface area contributed by atoms with Crippen LogP contribution in [0.3, 0.4) is 0 Å². The van der Waals surface area contributed by atoms with E-state index in [0.717, 1.165) is 11.1 Å². The minimum atomic E-state index is -0.662. The maximum absolute atomic E-state index is 13.4. The van der Waals surface area contributed by atoms with Crippen molar-refractivity contribution in [1.82, 2.24) is 15.6 Å². The van der Waals surface area contributed by atoms with Crippen molar-refractivity contribution in [3.05, 3.63) is 66.3 Å². The average Bonchev–Trinajstić information content (AvgIpc) is 3.21. The van der Waals surface area contributed by atoms with E-state index < -0.39 is 11.9 Å². The zero-order valence-electron chi connectivity index (χ0n) is 16.4. The van der Waals surface area contributed by atoms with Crippen molar-refractivity contribution in [3.8, 4) is 22.6 Å². The van der Waals surface area contributed by atoms with Crippen LogP contribution < -0.4 is 10.6 Å². The predicted octanol–water partition coefficient (Wildman–Crippen LogP) is 3.65. The Balaban J connectivity index is 1.75. The summed E-state index contributed by atoms with van der Waals surface area (Å²) in [6.45, 7) is 3.69. The lowest BCUT2D eigenvalue weighted by molar-refractivity contribution is -0.123. The number of hydrogen-bond acceptors (Lipinski definition) is 4. The molecule has 0 saturated carbocycles.